The van der Waals surface area contributed by atoms with E-state index in [0.717, 1.165) is 44.5 Å². The van der Waals surface area contributed by atoms with Crippen LogP contribution in [0.1, 0.15) is 24.5 Å². The minimum atomic E-state index is -0.614. The number of methoxy groups -OCH3 is 1. The molecule has 2 atom stereocenters. The van der Waals surface area contributed by atoms with Crippen molar-refractivity contribution in [1.29, 1.82) is 0 Å². The number of ether oxygens (including phenoxy) is 1. The van der Waals surface area contributed by atoms with Gasteiger partial charge in [0.1, 0.15) is 11.8 Å². The first-order valence-electron chi connectivity index (χ1n) is 13.0. The van der Waals surface area contributed by atoms with Gasteiger partial charge < -0.3 is 20.3 Å². The van der Waals surface area contributed by atoms with Crippen molar-refractivity contribution < 1.29 is 14.3 Å². The summed E-state index contributed by atoms with van der Waals surface area (Å²) in [4.78, 5) is 28.5. The van der Waals surface area contributed by atoms with Crippen LogP contribution >= 0.6 is 0 Å². The van der Waals surface area contributed by atoms with Crippen molar-refractivity contribution in [3.8, 4) is 16.9 Å². The number of amides is 2. The van der Waals surface area contributed by atoms with Gasteiger partial charge in [-0.3, -0.25) is 9.59 Å². The molecule has 0 fully saturated rings. The Morgan fingerprint density at radius 2 is 1.76 bits per heavy atom. The summed E-state index contributed by atoms with van der Waals surface area (Å²) in [6, 6.07) is 27.7. The van der Waals surface area contributed by atoms with E-state index in [-0.39, 0.29) is 17.9 Å². The number of aryl methyl sites for hydroxylation is 1. The van der Waals surface area contributed by atoms with Crippen molar-refractivity contribution in [2.45, 2.75) is 38.4 Å². The fraction of sp³-hybridized carbons (Fsp3) is 0.250. The van der Waals surface area contributed by atoms with Gasteiger partial charge in [-0.1, -0.05) is 66.7 Å². The Labute approximate surface area is 223 Å². The molecule has 0 spiro atoms. The molecule has 1 aliphatic rings. The fourth-order valence-corrected chi connectivity index (χ4v) is 5.14. The number of hydrogen-bond donors (Lipinski definition) is 2. The summed E-state index contributed by atoms with van der Waals surface area (Å²) >= 11 is 0. The van der Waals surface area contributed by atoms with Crippen LogP contribution in [0.15, 0.2) is 84.9 Å². The molecule has 0 radical (unpaired) electrons. The monoisotopic (exact) mass is 507 g/mol. The Morgan fingerprint density at radius 3 is 2.53 bits per heavy atom. The van der Waals surface area contributed by atoms with Crippen molar-refractivity contribution >= 4 is 28.3 Å². The van der Waals surface area contributed by atoms with E-state index in [0.29, 0.717) is 19.4 Å². The summed E-state index contributed by atoms with van der Waals surface area (Å²) in [5, 5.41) is 8.03. The molecule has 194 valence electrons. The molecule has 5 rings (SSSR count). The number of anilines is 1. The Balaban J connectivity index is 1.56. The number of nitrogens with zero attached hydrogens (tertiary/aromatic N) is 1. The fourth-order valence-electron chi connectivity index (χ4n) is 5.14. The van der Waals surface area contributed by atoms with Crippen LogP contribution in [0.4, 0.5) is 5.69 Å². The van der Waals surface area contributed by atoms with Crippen LogP contribution in [0, 0.1) is 0 Å². The van der Waals surface area contributed by atoms with E-state index in [2.05, 4.69) is 53.1 Å². The Hall–Kier alpha value is -4.16. The highest BCUT2D eigenvalue weighted by Gasteiger charge is 2.33. The van der Waals surface area contributed by atoms with E-state index in [9.17, 15) is 9.59 Å². The average molecular weight is 508 g/mol. The van der Waals surface area contributed by atoms with E-state index in [4.69, 9.17) is 4.74 Å². The van der Waals surface area contributed by atoms with Crippen LogP contribution in [0.5, 0.6) is 5.75 Å². The maximum absolute atomic E-state index is 14.0. The normalized spacial score (nSPS) is 16.0. The van der Waals surface area contributed by atoms with Crippen LogP contribution in [0.2, 0.25) is 0 Å². The number of para-hydroxylation sites is 1. The number of likely N-dealkylation sites (N-methyl/N-ethyl adjacent to an activating group) is 1. The first-order valence-corrected chi connectivity index (χ1v) is 13.0. The molecule has 0 saturated heterocycles. The molecule has 4 aromatic rings. The quantitative estimate of drug-likeness (QED) is 0.366. The van der Waals surface area contributed by atoms with E-state index in [1.54, 1.807) is 26.0 Å². The van der Waals surface area contributed by atoms with Crippen LogP contribution in [-0.2, 0) is 22.6 Å². The highest BCUT2D eigenvalue weighted by atomic mass is 16.5. The summed E-state index contributed by atoms with van der Waals surface area (Å²) in [6.45, 7) is 2.11. The molecule has 1 unspecified atom stereocenters. The van der Waals surface area contributed by atoms with E-state index in [1.807, 2.05) is 42.5 Å². The second-order valence-corrected chi connectivity index (χ2v) is 9.71. The maximum atomic E-state index is 14.0. The lowest BCUT2D eigenvalue weighted by atomic mass is 9.97. The maximum Gasteiger partial charge on any atom is 0.249 e. The molecule has 38 heavy (non-hydrogen) atoms. The molecule has 0 bridgehead atoms. The number of rotatable bonds is 7. The molecule has 0 aromatic heterocycles. The smallest absolute Gasteiger partial charge is 0.249 e. The third kappa shape index (κ3) is 5.00. The van der Waals surface area contributed by atoms with Gasteiger partial charge in [-0.05, 0) is 72.5 Å². The van der Waals surface area contributed by atoms with Gasteiger partial charge in [0.05, 0.1) is 19.7 Å². The van der Waals surface area contributed by atoms with Gasteiger partial charge in [0, 0.05) is 11.3 Å². The minimum absolute atomic E-state index is 0.119. The van der Waals surface area contributed by atoms with Crippen LogP contribution in [0.25, 0.3) is 21.9 Å². The number of benzene rings is 4. The van der Waals surface area contributed by atoms with Gasteiger partial charge in [-0.25, -0.2) is 0 Å². The Morgan fingerprint density at radius 1 is 1.00 bits per heavy atom. The number of nitrogens with one attached hydrogen (secondary N) is 2. The first-order chi connectivity index (χ1) is 18.5. The zero-order valence-electron chi connectivity index (χ0n) is 22.0. The molecule has 0 saturated carbocycles. The van der Waals surface area contributed by atoms with Crippen molar-refractivity contribution in [3.63, 3.8) is 0 Å². The number of fused-ring (bicyclic) bond motifs is 2. The van der Waals surface area contributed by atoms with Crippen molar-refractivity contribution in [3.05, 3.63) is 96.1 Å². The lowest BCUT2D eigenvalue weighted by molar-refractivity contribution is -0.128. The first kappa shape index (κ1) is 25.5. The van der Waals surface area contributed by atoms with Gasteiger partial charge in [0.15, 0.2) is 0 Å². The lowest BCUT2D eigenvalue weighted by Gasteiger charge is -2.28. The molecule has 4 aromatic carbocycles. The Kier molecular flexibility index (Phi) is 7.43. The molecule has 2 N–H and O–H groups in total. The summed E-state index contributed by atoms with van der Waals surface area (Å²) < 4.78 is 5.79. The lowest BCUT2D eigenvalue weighted by Crippen LogP contribution is -2.52. The molecule has 2 amide bonds. The zero-order valence-corrected chi connectivity index (χ0v) is 22.0. The number of carbonyl (C=O) groups is 2. The molecule has 1 heterocycles. The summed E-state index contributed by atoms with van der Waals surface area (Å²) in [6.07, 6.45) is 1.24. The van der Waals surface area contributed by atoms with Crippen LogP contribution < -0.4 is 20.3 Å². The number of hydrogen-bond acceptors (Lipinski definition) is 4. The molecule has 6 nitrogen and oxygen atoms in total. The third-order valence-corrected chi connectivity index (χ3v) is 7.42. The van der Waals surface area contributed by atoms with Gasteiger partial charge in [-0.15, -0.1) is 0 Å². The van der Waals surface area contributed by atoms with Crippen LogP contribution in [-0.4, -0.2) is 38.1 Å². The van der Waals surface area contributed by atoms with Crippen LogP contribution in [0.3, 0.4) is 0 Å². The van der Waals surface area contributed by atoms with Gasteiger partial charge in [-0.2, -0.15) is 0 Å². The average Bonchev–Trinajstić information content (AvgIpc) is 3.09. The molecule has 6 heteroatoms. The topological polar surface area (TPSA) is 70.7 Å². The second kappa shape index (κ2) is 11.1. The van der Waals surface area contributed by atoms with Gasteiger partial charge in [0.25, 0.3) is 0 Å². The standard InChI is InChI=1S/C32H33N3O3/c1-21(33-2)31(36)34-28-17-14-23-11-7-8-12-29(23)35(32(28)37)20-27-26-16-13-24(22-9-5-4-6-10-22)19-25(26)15-18-30(27)38-3/h4-13,15-16,18-19,21,28,33H,14,17,20H2,1-3H3,(H,34,36)/t21-,28?/m0/s1. The third-order valence-electron chi connectivity index (χ3n) is 7.42. The second-order valence-electron chi connectivity index (χ2n) is 9.71. The molecule has 1 aliphatic heterocycles. The summed E-state index contributed by atoms with van der Waals surface area (Å²) in [5.41, 5.74) is 5.17. The van der Waals surface area contributed by atoms with Crippen molar-refractivity contribution in [1.82, 2.24) is 10.6 Å². The van der Waals surface area contributed by atoms with E-state index < -0.39 is 6.04 Å². The molecular formula is C32H33N3O3. The van der Waals surface area contributed by atoms with E-state index in [1.165, 1.54) is 0 Å². The number of carbonyl (C=O) groups excluding carboxylic acids is 2. The van der Waals surface area contributed by atoms with Gasteiger partial charge >= 0.3 is 0 Å². The van der Waals surface area contributed by atoms with E-state index >= 15 is 0 Å². The van der Waals surface area contributed by atoms with Crippen molar-refractivity contribution in [2.75, 3.05) is 19.1 Å². The predicted molar refractivity (Wildman–Crippen MR) is 152 cm³/mol. The highest BCUT2D eigenvalue weighted by Crippen LogP contribution is 2.35. The predicted octanol–water partition coefficient (Wildman–Crippen LogP) is 5.09. The van der Waals surface area contributed by atoms with Crippen molar-refractivity contribution in [2.24, 2.45) is 0 Å². The Bertz CT molecular complexity index is 1470. The zero-order chi connectivity index (χ0) is 26.6. The molecule has 0 aliphatic carbocycles. The highest BCUT2D eigenvalue weighted by molar-refractivity contribution is 6.02. The minimum Gasteiger partial charge on any atom is -0.496 e. The van der Waals surface area contributed by atoms with Gasteiger partial charge in [0.2, 0.25) is 11.8 Å². The summed E-state index contributed by atoms with van der Waals surface area (Å²) in [7, 11) is 3.39. The largest absolute Gasteiger partial charge is 0.496 e. The molecular weight excluding hydrogens is 474 g/mol. The SMILES string of the molecule is CN[C@@H](C)C(=O)NC1CCc2ccccc2N(Cc2c(OC)ccc3cc(-c4ccccc4)ccc23)C1=O. The summed E-state index contributed by atoms with van der Waals surface area (Å²) in [5.74, 6) is 0.420.